The zero-order valence-electron chi connectivity index (χ0n) is 10.5. The van der Waals surface area contributed by atoms with Crippen molar-refractivity contribution < 1.29 is 4.74 Å². The van der Waals surface area contributed by atoms with Gasteiger partial charge in [-0.1, -0.05) is 31.9 Å². The molecule has 0 bridgehead atoms. The van der Waals surface area contributed by atoms with E-state index in [0.29, 0.717) is 0 Å². The highest BCUT2D eigenvalue weighted by Crippen LogP contribution is 2.18. The summed E-state index contributed by atoms with van der Waals surface area (Å²) in [6, 6.07) is 6.30. The molecule has 0 N–H and O–H groups in total. The van der Waals surface area contributed by atoms with E-state index in [4.69, 9.17) is 4.74 Å². The van der Waals surface area contributed by atoms with Crippen molar-refractivity contribution in [1.29, 1.82) is 0 Å². The van der Waals surface area contributed by atoms with Crippen LogP contribution in [-0.4, -0.2) is 6.61 Å². The quantitative estimate of drug-likeness (QED) is 0.490. The molecule has 1 aromatic rings. The van der Waals surface area contributed by atoms with Gasteiger partial charge in [0.1, 0.15) is 5.75 Å². The van der Waals surface area contributed by atoms with E-state index in [2.05, 4.69) is 38.6 Å². The highest BCUT2D eigenvalue weighted by Gasteiger charge is 1.99. The third kappa shape index (κ3) is 4.09. The zero-order chi connectivity index (χ0) is 11.8. The van der Waals surface area contributed by atoms with Crippen LogP contribution in [0.25, 0.3) is 0 Å². The molecule has 1 nitrogen and oxygen atoms in total. The fourth-order valence-electron chi connectivity index (χ4n) is 1.68. The first-order chi connectivity index (χ1) is 7.77. The van der Waals surface area contributed by atoms with Crippen molar-refractivity contribution >= 4 is 0 Å². The zero-order valence-corrected chi connectivity index (χ0v) is 10.5. The molecule has 0 atom stereocenters. The third-order valence-electron chi connectivity index (χ3n) is 2.69. The molecular formula is C15H22O. The lowest BCUT2D eigenvalue weighted by molar-refractivity contribution is 0.306. The van der Waals surface area contributed by atoms with Crippen molar-refractivity contribution in [3.8, 4) is 5.75 Å². The van der Waals surface area contributed by atoms with Gasteiger partial charge < -0.3 is 4.74 Å². The van der Waals surface area contributed by atoms with E-state index in [1.54, 1.807) is 0 Å². The summed E-state index contributed by atoms with van der Waals surface area (Å²) in [5.41, 5.74) is 2.61. The van der Waals surface area contributed by atoms with Crippen LogP contribution in [0.2, 0.25) is 0 Å². The molecule has 0 saturated carbocycles. The predicted molar refractivity (Wildman–Crippen MR) is 70.1 cm³/mol. The number of hydrogen-bond acceptors (Lipinski definition) is 1. The second-order valence-corrected chi connectivity index (χ2v) is 4.14. The lowest BCUT2D eigenvalue weighted by Gasteiger charge is -2.09. The fourth-order valence-corrected chi connectivity index (χ4v) is 1.68. The van der Waals surface area contributed by atoms with E-state index in [1.807, 2.05) is 6.08 Å². The van der Waals surface area contributed by atoms with E-state index >= 15 is 0 Å². The Morgan fingerprint density at radius 3 is 2.75 bits per heavy atom. The predicted octanol–water partition coefficient (Wildman–Crippen LogP) is 4.29. The maximum absolute atomic E-state index is 5.70. The number of rotatable bonds is 7. The molecule has 1 aromatic carbocycles. The number of ether oxygens (including phenoxy) is 1. The first kappa shape index (κ1) is 12.8. The Bertz CT molecular complexity index is 328. The minimum Gasteiger partial charge on any atom is -0.494 e. The summed E-state index contributed by atoms with van der Waals surface area (Å²) in [7, 11) is 0. The average Bonchev–Trinajstić information content (AvgIpc) is 2.28. The Morgan fingerprint density at radius 2 is 2.12 bits per heavy atom. The summed E-state index contributed by atoms with van der Waals surface area (Å²) in [5.74, 6) is 0.987. The highest BCUT2D eigenvalue weighted by molar-refractivity contribution is 5.35. The average molecular weight is 218 g/mol. The van der Waals surface area contributed by atoms with Gasteiger partial charge in [0.05, 0.1) is 6.61 Å². The molecule has 0 amide bonds. The van der Waals surface area contributed by atoms with Crippen LogP contribution in [0.3, 0.4) is 0 Å². The number of aryl methyl sites for hydroxylation is 1. The molecule has 0 aliphatic heterocycles. The van der Waals surface area contributed by atoms with Gasteiger partial charge in [0.25, 0.3) is 0 Å². The van der Waals surface area contributed by atoms with Crippen LogP contribution in [0.1, 0.15) is 37.3 Å². The smallest absolute Gasteiger partial charge is 0.119 e. The second-order valence-electron chi connectivity index (χ2n) is 4.14. The molecule has 0 fully saturated rings. The van der Waals surface area contributed by atoms with Crippen LogP contribution < -0.4 is 4.74 Å². The molecule has 16 heavy (non-hydrogen) atoms. The highest BCUT2D eigenvalue weighted by atomic mass is 16.5. The monoisotopic (exact) mass is 218 g/mol. The molecule has 0 aromatic heterocycles. The van der Waals surface area contributed by atoms with E-state index in [9.17, 15) is 0 Å². The molecule has 0 aliphatic carbocycles. The second kappa shape index (κ2) is 7.10. The largest absolute Gasteiger partial charge is 0.494 e. The van der Waals surface area contributed by atoms with E-state index in [-0.39, 0.29) is 0 Å². The Balaban J connectivity index is 2.49. The summed E-state index contributed by atoms with van der Waals surface area (Å²) in [6.07, 6.45) is 6.49. The lowest BCUT2D eigenvalue weighted by Crippen LogP contribution is -1.98. The minimum atomic E-state index is 0.827. The van der Waals surface area contributed by atoms with Crippen molar-refractivity contribution in [1.82, 2.24) is 0 Å². The summed E-state index contributed by atoms with van der Waals surface area (Å²) in [5, 5.41) is 0. The normalized spacial score (nSPS) is 10.1. The number of hydrogen-bond donors (Lipinski definition) is 0. The molecule has 0 saturated heterocycles. The lowest BCUT2D eigenvalue weighted by atomic mass is 10.1. The van der Waals surface area contributed by atoms with Crippen LogP contribution in [0.5, 0.6) is 5.75 Å². The van der Waals surface area contributed by atoms with Gasteiger partial charge in [-0.05, 0) is 43.0 Å². The van der Waals surface area contributed by atoms with Crippen molar-refractivity contribution in [3.63, 3.8) is 0 Å². The Hall–Kier alpha value is -1.24. The van der Waals surface area contributed by atoms with Crippen molar-refractivity contribution in [2.45, 2.75) is 39.5 Å². The number of unbranched alkanes of at least 4 members (excludes halogenated alkanes) is 2. The summed E-state index contributed by atoms with van der Waals surface area (Å²) < 4.78 is 5.70. The molecule has 0 unspecified atom stereocenters. The molecule has 0 heterocycles. The van der Waals surface area contributed by atoms with Crippen LogP contribution >= 0.6 is 0 Å². The molecule has 0 radical (unpaired) electrons. The van der Waals surface area contributed by atoms with Crippen LogP contribution in [-0.2, 0) is 6.42 Å². The van der Waals surface area contributed by atoms with Crippen LogP contribution in [0.15, 0.2) is 30.9 Å². The van der Waals surface area contributed by atoms with E-state index in [1.165, 1.54) is 24.0 Å². The van der Waals surface area contributed by atoms with Gasteiger partial charge in [0.2, 0.25) is 0 Å². The standard InChI is InChI=1S/C15H22O/c1-4-6-7-11-16-15-10-9-14(8-5-2)13(3)12-15/h5,9-10,12H,2,4,6-8,11H2,1,3H3. The van der Waals surface area contributed by atoms with Crippen molar-refractivity contribution in [2.75, 3.05) is 6.61 Å². The molecule has 1 heteroatoms. The molecule has 0 spiro atoms. The van der Waals surface area contributed by atoms with Gasteiger partial charge in [0.15, 0.2) is 0 Å². The van der Waals surface area contributed by atoms with Gasteiger partial charge in [-0.3, -0.25) is 0 Å². The Labute approximate surface area is 99.1 Å². The third-order valence-corrected chi connectivity index (χ3v) is 2.69. The minimum absolute atomic E-state index is 0.827. The first-order valence-corrected chi connectivity index (χ1v) is 6.11. The van der Waals surface area contributed by atoms with Gasteiger partial charge in [-0.2, -0.15) is 0 Å². The SMILES string of the molecule is C=CCc1ccc(OCCCCC)cc1C. The fraction of sp³-hybridized carbons (Fsp3) is 0.467. The van der Waals surface area contributed by atoms with Crippen LogP contribution in [0.4, 0.5) is 0 Å². The van der Waals surface area contributed by atoms with Gasteiger partial charge >= 0.3 is 0 Å². The first-order valence-electron chi connectivity index (χ1n) is 6.11. The number of benzene rings is 1. The molecule has 0 aliphatic rings. The summed E-state index contributed by atoms with van der Waals surface area (Å²) in [6.45, 7) is 8.91. The van der Waals surface area contributed by atoms with Crippen molar-refractivity contribution in [2.24, 2.45) is 0 Å². The van der Waals surface area contributed by atoms with Crippen LogP contribution in [0, 0.1) is 6.92 Å². The summed E-state index contributed by atoms with van der Waals surface area (Å²) in [4.78, 5) is 0. The maximum atomic E-state index is 5.70. The molecule has 88 valence electrons. The van der Waals surface area contributed by atoms with Crippen molar-refractivity contribution in [3.05, 3.63) is 42.0 Å². The van der Waals surface area contributed by atoms with Gasteiger partial charge in [-0.15, -0.1) is 6.58 Å². The number of allylic oxidation sites excluding steroid dienone is 1. The summed E-state index contributed by atoms with van der Waals surface area (Å²) >= 11 is 0. The molecule has 1 rings (SSSR count). The molecular weight excluding hydrogens is 196 g/mol. The van der Waals surface area contributed by atoms with Gasteiger partial charge in [-0.25, -0.2) is 0 Å². The van der Waals surface area contributed by atoms with E-state index < -0.39 is 0 Å². The maximum Gasteiger partial charge on any atom is 0.119 e. The Kier molecular flexibility index (Phi) is 5.69. The van der Waals surface area contributed by atoms with E-state index in [0.717, 1.165) is 25.2 Å². The topological polar surface area (TPSA) is 9.23 Å². The Morgan fingerprint density at radius 1 is 1.31 bits per heavy atom. The van der Waals surface area contributed by atoms with Gasteiger partial charge in [0, 0.05) is 0 Å².